The predicted molar refractivity (Wildman–Crippen MR) is 59.1 cm³/mol. The van der Waals surface area contributed by atoms with Crippen LogP contribution in [0, 0.1) is 5.92 Å². The monoisotopic (exact) mass is 352 g/mol. The van der Waals surface area contributed by atoms with E-state index in [2.05, 4.69) is 0 Å². The van der Waals surface area contributed by atoms with Crippen LogP contribution in [0.15, 0.2) is 12.1 Å². The number of hydrogen-bond acceptors (Lipinski definition) is 1. The molecule has 0 aliphatic heterocycles. The number of aliphatic hydroxyl groups excluding tert-OH is 1. The molecule has 0 bridgehead atoms. The topological polar surface area (TPSA) is 20.2 Å². The van der Waals surface area contributed by atoms with Gasteiger partial charge in [0.15, 0.2) is 0 Å². The average molecular weight is 352 g/mol. The molecule has 0 heterocycles. The minimum atomic E-state index is -5.65. The molecule has 1 saturated carbocycles. The first-order valence-corrected chi connectivity index (χ1v) is 6.30. The van der Waals surface area contributed by atoms with Gasteiger partial charge in [0.25, 0.3) is 0 Å². The van der Waals surface area contributed by atoms with Crippen LogP contribution in [0.25, 0.3) is 0 Å². The molecule has 0 radical (unpaired) electrons. The van der Waals surface area contributed by atoms with E-state index in [1.165, 1.54) is 0 Å². The fourth-order valence-electron chi connectivity index (χ4n) is 2.27. The van der Waals surface area contributed by atoms with E-state index in [0.29, 0.717) is 0 Å². The minimum absolute atomic E-state index is 0.0545. The standard InChI is InChI=1S/C13H9F9O/c14-11(15,16)6-3-7(10(23)5-1-2-5)9(13(20,21)22)8(4-6)12(17,18)19/h3-5,10,23H,1-2H2. The normalized spacial score (nSPS) is 18.2. The molecule has 1 unspecified atom stereocenters. The van der Waals surface area contributed by atoms with Crippen molar-refractivity contribution in [2.24, 2.45) is 5.92 Å². The van der Waals surface area contributed by atoms with Crippen LogP contribution >= 0.6 is 0 Å². The first-order valence-electron chi connectivity index (χ1n) is 6.30. The molecule has 1 nitrogen and oxygen atoms in total. The molecule has 0 spiro atoms. The Bertz CT molecular complexity index is 593. The highest BCUT2D eigenvalue weighted by Gasteiger charge is 2.49. The smallest absolute Gasteiger partial charge is 0.388 e. The van der Waals surface area contributed by atoms with Crippen molar-refractivity contribution in [3.05, 3.63) is 34.4 Å². The summed E-state index contributed by atoms with van der Waals surface area (Å²) in [6.45, 7) is 0. The Morgan fingerprint density at radius 2 is 1.35 bits per heavy atom. The first kappa shape index (κ1) is 17.9. The summed E-state index contributed by atoms with van der Waals surface area (Å²) in [5.41, 5.74) is -7.98. The van der Waals surface area contributed by atoms with Crippen LogP contribution in [-0.2, 0) is 18.5 Å². The van der Waals surface area contributed by atoms with Gasteiger partial charge in [-0.2, -0.15) is 39.5 Å². The lowest BCUT2D eigenvalue weighted by Crippen LogP contribution is -2.23. The molecule has 23 heavy (non-hydrogen) atoms. The number of benzene rings is 1. The van der Waals surface area contributed by atoms with Crippen LogP contribution in [0.2, 0.25) is 0 Å². The van der Waals surface area contributed by atoms with E-state index < -0.39 is 58.9 Å². The van der Waals surface area contributed by atoms with Gasteiger partial charge in [-0.05, 0) is 36.5 Å². The van der Waals surface area contributed by atoms with E-state index in [1.54, 1.807) is 0 Å². The molecule has 1 aromatic carbocycles. The lowest BCUT2D eigenvalue weighted by molar-refractivity contribution is -0.164. The number of aliphatic hydroxyl groups is 1. The molecule has 1 aliphatic rings. The highest BCUT2D eigenvalue weighted by molar-refractivity contribution is 5.45. The van der Waals surface area contributed by atoms with Gasteiger partial charge in [-0.25, -0.2) is 0 Å². The van der Waals surface area contributed by atoms with Gasteiger partial charge in [0.05, 0.1) is 22.8 Å². The largest absolute Gasteiger partial charge is 0.417 e. The molecule has 1 aliphatic carbocycles. The molecule has 130 valence electrons. The van der Waals surface area contributed by atoms with Crippen LogP contribution in [0.5, 0.6) is 0 Å². The van der Waals surface area contributed by atoms with Gasteiger partial charge in [-0.15, -0.1) is 0 Å². The molecule has 1 fully saturated rings. The molecular weight excluding hydrogens is 343 g/mol. The third kappa shape index (κ3) is 3.73. The molecule has 2 rings (SSSR count). The molecule has 0 saturated heterocycles. The summed E-state index contributed by atoms with van der Waals surface area (Å²) in [4.78, 5) is 0. The number of rotatable bonds is 2. The number of hydrogen-bond donors (Lipinski definition) is 1. The SMILES string of the molecule is OC(c1cc(C(F)(F)F)cc(C(F)(F)F)c1C(F)(F)F)C1CC1. The number of alkyl halides is 9. The zero-order valence-corrected chi connectivity index (χ0v) is 11.1. The van der Waals surface area contributed by atoms with E-state index in [-0.39, 0.29) is 18.9 Å². The second kappa shape index (κ2) is 5.29. The number of halogens is 9. The van der Waals surface area contributed by atoms with Gasteiger partial charge in [0.1, 0.15) is 0 Å². The van der Waals surface area contributed by atoms with Crippen LogP contribution in [0.1, 0.15) is 41.2 Å². The summed E-state index contributed by atoms with van der Waals surface area (Å²) in [5.74, 6) is -0.777. The maximum atomic E-state index is 13.0. The minimum Gasteiger partial charge on any atom is -0.388 e. The highest BCUT2D eigenvalue weighted by atomic mass is 19.4. The van der Waals surface area contributed by atoms with Crippen molar-refractivity contribution in [3.63, 3.8) is 0 Å². The Hall–Kier alpha value is -1.45. The van der Waals surface area contributed by atoms with Gasteiger partial charge < -0.3 is 5.11 Å². The molecule has 0 aromatic heterocycles. The maximum Gasteiger partial charge on any atom is 0.417 e. The van der Waals surface area contributed by atoms with Crippen molar-refractivity contribution < 1.29 is 44.6 Å². The van der Waals surface area contributed by atoms with Crippen LogP contribution in [0.4, 0.5) is 39.5 Å². The molecule has 1 N–H and O–H groups in total. The average Bonchev–Trinajstić information content (AvgIpc) is 3.17. The fourth-order valence-corrected chi connectivity index (χ4v) is 2.27. The van der Waals surface area contributed by atoms with E-state index in [0.717, 1.165) is 0 Å². The maximum absolute atomic E-state index is 13.0. The van der Waals surface area contributed by atoms with E-state index in [4.69, 9.17) is 0 Å². The second-order valence-corrected chi connectivity index (χ2v) is 5.26. The third-order valence-electron chi connectivity index (χ3n) is 3.47. The summed E-state index contributed by atoms with van der Waals surface area (Å²) in [5, 5.41) is 9.75. The van der Waals surface area contributed by atoms with Crippen molar-refractivity contribution in [1.82, 2.24) is 0 Å². The lowest BCUT2D eigenvalue weighted by Gasteiger charge is -2.24. The van der Waals surface area contributed by atoms with Crippen molar-refractivity contribution in [1.29, 1.82) is 0 Å². The molecule has 10 heteroatoms. The Labute approximate surface area is 123 Å². The summed E-state index contributed by atoms with van der Waals surface area (Å²) in [6.07, 6.45) is -18.0. The van der Waals surface area contributed by atoms with Gasteiger partial charge >= 0.3 is 18.5 Å². The van der Waals surface area contributed by atoms with E-state index in [1.807, 2.05) is 0 Å². The van der Waals surface area contributed by atoms with Crippen molar-refractivity contribution in [2.45, 2.75) is 37.5 Å². The van der Waals surface area contributed by atoms with E-state index >= 15 is 0 Å². The molecule has 0 amide bonds. The van der Waals surface area contributed by atoms with Gasteiger partial charge in [0, 0.05) is 0 Å². The van der Waals surface area contributed by atoms with Gasteiger partial charge in [-0.3, -0.25) is 0 Å². The Morgan fingerprint density at radius 1 is 0.826 bits per heavy atom. The summed E-state index contributed by atoms with van der Waals surface area (Å²) >= 11 is 0. The zero-order valence-electron chi connectivity index (χ0n) is 11.1. The third-order valence-corrected chi connectivity index (χ3v) is 3.47. The predicted octanol–water partition coefficient (Wildman–Crippen LogP) is 5.19. The quantitative estimate of drug-likeness (QED) is 0.727. The van der Waals surface area contributed by atoms with Gasteiger partial charge in [0.2, 0.25) is 0 Å². The van der Waals surface area contributed by atoms with Crippen LogP contribution in [0.3, 0.4) is 0 Å². The van der Waals surface area contributed by atoms with Crippen molar-refractivity contribution in [2.75, 3.05) is 0 Å². The second-order valence-electron chi connectivity index (χ2n) is 5.26. The summed E-state index contributed by atoms with van der Waals surface area (Å²) < 4.78 is 116. The Kier molecular flexibility index (Phi) is 4.11. The van der Waals surface area contributed by atoms with Crippen LogP contribution in [-0.4, -0.2) is 5.11 Å². The first-order chi connectivity index (χ1) is 10.2. The Balaban J connectivity index is 2.79. The highest BCUT2D eigenvalue weighted by Crippen LogP contribution is 2.50. The van der Waals surface area contributed by atoms with Gasteiger partial charge in [-0.1, -0.05) is 0 Å². The molecule has 1 aromatic rings. The van der Waals surface area contributed by atoms with E-state index in [9.17, 15) is 44.6 Å². The zero-order chi connectivity index (χ0) is 17.8. The fraction of sp³-hybridized carbons (Fsp3) is 0.538. The summed E-state index contributed by atoms with van der Waals surface area (Å²) in [6, 6.07) is -0.632. The Morgan fingerprint density at radius 3 is 1.70 bits per heavy atom. The van der Waals surface area contributed by atoms with Crippen LogP contribution < -0.4 is 0 Å². The summed E-state index contributed by atoms with van der Waals surface area (Å²) in [7, 11) is 0. The molecule has 1 atom stereocenters. The van der Waals surface area contributed by atoms with Crippen molar-refractivity contribution >= 4 is 0 Å². The van der Waals surface area contributed by atoms with Crippen molar-refractivity contribution in [3.8, 4) is 0 Å². The lowest BCUT2D eigenvalue weighted by atomic mass is 9.91. The molecular formula is C13H9F9O.